The predicted octanol–water partition coefficient (Wildman–Crippen LogP) is 3.34. The third kappa shape index (κ3) is 15.9. The maximum atomic E-state index is 13.1. The summed E-state index contributed by atoms with van der Waals surface area (Å²) in [6.45, 7) is 10.8. The molecule has 44 heavy (non-hydrogen) atoms. The summed E-state index contributed by atoms with van der Waals surface area (Å²) in [5.74, 6) is -1.14. The number of ether oxygens (including phenoxy) is 2. The molecule has 0 radical (unpaired) electrons. The Morgan fingerprint density at radius 1 is 1.05 bits per heavy atom. The zero-order valence-corrected chi connectivity index (χ0v) is 26.8. The van der Waals surface area contributed by atoms with E-state index in [4.69, 9.17) is 26.7 Å². The molecule has 0 saturated carbocycles. The summed E-state index contributed by atoms with van der Waals surface area (Å²) in [5.41, 5.74) is 18.5. The van der Waals surface area contributed by atoms with E-state index >= 15 is 0 Å². The van der Waals surface area contributed by atoms with E-state index in [1.54, 1.807) is 12.1 Å². The number of benzene rings is 1. The first-order valence-electron chi connectivity index (χ1n) is 15.0. The highest BCUT2D eigenvalue weighted by Gasteiger charge is 2.27. The van der Waals surface area contributed by atoms with Crippen LogP contribution in [0.3, 0.4) is 0 Å². The number of carbonyl (C=O) groups excluding carboxylic acids is 3. The molecule has 0 saturated heterocycles. The first kappa shape index (κ1) is 37.9. The lowest BCUT2D eigenvalue weighted by molar-refractivity contribution is -0.145. The van der Waals surface area contributed by atoms with Crippen LogP contribution in [0.2, 0.25) is 0 Å². The maximum Gasteiger partial charge on any atom is 0.328 e. The molecule has 3 atom stereocenters. The highest BCUT2D eigenvalue weighted by Crippen LogP contribution is 2.28. The number of guanidine groups is 1. The quantitative estimate of drug-likeness (QED) is 0.0460. The number of unbranched alkanes of at least 4 members (excludes halogenated alkanes) is 1. The number of amides is 2. The van der Waals surface area contributed by atoms with Gasteiger partial charge in [0, 0.05) is 12.0 Å². The van der Waals surface area contributed by atoms with Crippen LogP contribution in [0.15, 0.2) is 59.6 Å². The molecule has 1 rings (SSSR count). The number of carbonyl (C=O) groups is 3. The Labute approximate surface area is 262 Å². The number of nitrogens with two attached hydrogens (primary N) is 3. The zero-order chi connectivity index (χ0) is 33.0. The molecule has 8 N–H and O–H groups in total. The molecular formula is C33H52N6O5. The fourth-order valence-corrected chi connectivity index (χ4v) is 4.20. The summed E-state index contributed by atoms with van der Waals surface area (Å²) in [7, 11) is 1.25. The molecule has 1 aromatic rings. The topological polar surface area (TPSA) is 184 Å². The molecule has 0 bridgehead atoms. The van der Waals surface area contributed by atoms with Crippen LogP contribution >= 0.6 is 0 Å². The summed E-state index contributed by atoms with van der Waals surface area (Å²) in [5, 5.41) is 5.39. The SMILES string of the molecule is C=C[C@@](C)(/C=C\c1ccc(OCC(=O)NC(CCCN=C(N)N)C(=O)N[C@@H](CCCCN)C(=O)OC)cc1)CCC=C(C)C. The van der Waals surface area contributed by atoms with Gasteiger partial charge in [-0.15, -0.1) is 6.58 Å². The second-order valence-electron chi connectivity index (χ2n) is 11.2. The van der Waals surface area contributed by atoms with E-state index in [-0.39, 0.29) is 30.9 Å². The van der Waals surface area contributed by atoms with E-state index in [0.29, 0.717) is 38.0 Å². The highest BCUT2D eigenvalue weighted by molar-refractivity contribution is 5.91. The van der Waals surface area contributed by atoms with Crippen LogP contribution in [0.4, 0.5) is 0 Å². The smallest absolute Gasteiger partial charge is 0.328 e. The molecule has 0 aliphatic carbocycles. The van der Waals surface area contributed by atoms with Crippen molar-refractivity contribution >= 4 is 29.8 Å². The van der Waals surface area contributed by atoms with Crippen molar-refractivity contribution in [3.05, 3.63) is 60.2 Å². The largest absolute Gasteiger partial charge is 0.484 e. The Bertz CT molecular complexity index is 1140. The number of hydrogen-bond acceptors (Lipinski definition) is 7. The van der Waals surface area contributed by atoms with E-state index in [1.165, 1.54) is 12.7 Å². The standard InChI is InChI=1S/C33H52N6O5/c1-6-33(4,19-9-11-24(2)3)20-18-25-14-16-26(17-15-25)44-23-29(40)38-27(13-10-22-37-32(35)36)30(41)39-28(31(42)43-5)12-7-8-21-34/h6,11,14-18,20,27-28H,1,7-10,12-13,19,21-23,34H2,2-5H3,(H,38,40)(H,39,41)(H4,35,36,37)/b20-18-/t27?,28-,33+/m0/s1. The Hall–Kier alpha value is -4.12. The van der Waals surface area contributed by atoms with E-state index < -0.39 is 29.9 Å². The molecule has 1 aromatic carbocycles. The van der Waals surface area contributed by atoms with Crippen molar-refractivity contribution in [1.82, 2.24) is 10.6 Å². The molecule has 0 fully saturated rings. The molecule has 11 heteroatoms. The lowest BCUT2D eigenvalue weighted by Crippen LogP contribution is -2.52. The van der Waals surface area contributed by atoms with Crippen LogP contribution in [0.25, 0.3) is 6.08 Å². The Morgan fingerprint density at radius 3 is 2.32 bits per heavy atom. The van der Waals surface area contributed by atoms with Gasteiger partial charge in [0.25, 0.3) is 5.91 Å². The summed E-state index contributed by atoms with van der Waals surface area (Å²) in [6, 6.07) is 5.57. The molecule has 1 unspecified atom stereocenters. The number of hydrogen-bond donors (Lipinski definition) is 5. The number of nitrogens with zero attached hydrogens (tertiary/aromatic N) is 1. The van der Waals surface area contributed by atoms with Crippen LogP contribution in [0.1, 0.15) is 71.3 Å². The summed E-state index contributed by atoms with van der Waals surface area (Å²) in [6.07, 6.45) is 12.7. The van der Waals surface area contributed by atoms with Crippen LogP contribution in [-0.2, 0) is 19.1 Å². The monoisotopic (exact) mass is 612 g/mol. The van der Waals surface area contributed by atoms with Gasteiger partial charge in [-0.1, -0.05) is 48.9 Å². The molecule has 0 spiro atoms. The van der Waals surface area contributed by atoms with Gasteiger partial charge >= 0.3 is 5.97 Å². The number of nitrogens with one attached hydrogen (secondary N) is 2. The van der Waals surface area contributed by atoms with Crippen molar-refractivity contribution in [2.45, 2.75) is 77.8 Å². The minimum absolute atomic E-state index is 0.0650. The molecule has 0 aliphatic heterocycles. The van der Waals surface area contributed by atoms with Crippen molar-refractivity contribution in [2.75, 3.05) is 26.8 Å². The zero-order valence-electron chi connectivity index (χ0n) is 26.8. The van der Waals surface area contributed by atoms with E-state index in [1.807, 2.05) is 24.3 Å². The molecule has 0 aromatic heterocycles. The van der Waals surface area contributed by atoms with Gasteiger partial charge < -0.3 is 37.3 Å². The Kier molecular flexibility index (Phi) is 17.9. The third-order valence-electron chi connectivity index (χ3n) is 6.95. The minimum atomic E-state index is -0.939. The fourth-order valence-electron chi connectivity index (χ4n) is 4.20. The molecule has 0 heterocycles. The van der Waals surface area contributed by atoms with Gasteiger partial charge in [0.15, 0.2) is 12.6 Å². The number of aliphatic imine (C=N–C) groups is 1. The van der Waals surface area contributed by atoms with Crippen molar-refractivity contribution in [3.8, 4) is 5.75 Å². The van der Waals surface area contributed by atoms with Crippen LogP contribution in [0, 0.1) is 5.41 Å². The van der Waals surface area contributed by atoms with Crippen LogP contribution < -0.4 is 32.6 Å². The number of allylic oxidation sites excluding steroid dienone is 4. The molecule has 0 aliphatic rings. The van der Waals surface area contributed by atoms with Crippen molar-refractivity contribution in [1.29, 1.82) is 0 Å². The third-order valence-corrected chi connectivity index (χ3v) is 6.95. The first-order valence-corrected chi connectivity index (χ1v) is 15.0. The normalized spacial score (nSPS) is 13.6. The van der Waals surface area contributed by atoms with E-state index in [2.05, 4.69) is 55.1 Å². The minimum Gasteiger partial charge on any atom is -0.484 e. The highest BCUT2D eigenvalue weighted by atomic mass is 16.5. The lowest BCUT2D eigenvalue weighted by atomic mass is 9.84. The van der Waals surface area contributed by atoms with Crippen LogP contribution in [0.5, 0.6) is 5.75 Å². The van der Waals surface area contributed by atoms with E-state index in [9.17, 15) is 14.4 Å². The second kappa shape index (κ2) is 20.7. The predicted molar refractivity (Wildman–Crippen MR) is 177 cm³/mol. The van der Waals surface area contributed by atoms with E-state index in [0.717, 1.165) is 18.4 Å². The van der Waals surface area contributed by atoms with Gasteiger partial charge in [0.05, 0.1) is 7.11 Å². The van der Waals surface area contributed by atoms with Gasteiger partial charge in [-0.2, -0.15) is 0 Å². The summed E-state index contributed by atoms with van der Waals surface area (Å²) < 4.78 is 10.5. The van der Waals surface area contributed by atoms with Crippen molar-refractivity contribution in [3.63, 3.8) is 0 Å². The number of methoxy groups -OCH3 is 1. The number of rotatable bonds is 21. The average Bonchev–Trinajstić information content (AvgIpc) is 2.99. The molecule has 2 amide bonds. The maximum absolute atomic E-state index is 13.1. The van der Waals surface area contributed by atoms with Crippen LogP contribution in [-0.4, -0.2) is 62.6 Å². The van der Waals surface area contributed by atoms with Gasteiger partial charge in [0.1, 0.15) is 17.8 Å². The molecule has 244 valence electrons. The first-order chi connectivity index (χ1) is 20.9. The summed E-state index contributed by atoms with van der Waals surface area (Å²) in [4.78, 5) is 42.1. The molecule has 11 nitrogen and oxygen atoms in total. The average molecular weight is 613 g/mol. The fraction of sp³-hybridized carbons (Fsp3) is 0.515. The second-order valence-corrected chi connectivity index (χ2v) is 11.2. The van der Waals surface area contributed by atoms with Gasteiger partial charge in [-0.25, -0.2) is 4.79 Å². The number of esters is 1. The van der Waals surface area contributed by atoms with Crippen molar-refractivity contribution < 1.29 is 23.9 Å². The van der Waals surface area contributed by atoms with Gasteiger partial charge in [-0.05, 0) is 83.0 Å². The summed E-state index contributed by atoms with van der Waals surface area (Å²) >= 11 is 0. The Morgan fingerprint density at radius 2 is 1.73 bits per heavy atom. The van der Waals surface area contributed by atoms with Gasteiger partial charge in [0.2, 0.25) is 5.91 Å². The van der Waals surface area contributed by atoms with Crippen molar-refractivity contribution in [2.24, 2.45) is 27.6 Å². The van der Waals surface area contributed by atoms with Gasteiger partial charge in [-0.3, -0.25) is 14.6 Å². The Balaban J connectivity index is 2.83. The molecular weight excluding hydrogens is 560 g/mol. The lowest BCUT2D eigenvalue weighted by Gasteiger charge is -2.22.